The molecule has 1 aromatic heterocycles. The molecule has 1 atom stereocenters. The van der Waals surface area contributed by atoms with Crippen molar-refractivity contribution in [3.8, 4) is 0 Å². The highest BCUT2D eigenvalue weighted by Crippen LogP contribution is 2.48. The number of hydrogen-bond acceptors (Lipinski definition) is 3. The smallest absolute Gasteiger partial charge is 0.177 e. The van der Waals surface area contributed by atoms with Crippen LogP contribution in [0.2, 0.25) is 0 Å². The van der Waals surface area contributed by atoms with E-state index in [0.717, 1.165) is 25.1 Å². The van der Waals surface area contributed by atoms with Gasteiger partial charge in [-0.3, -0.25) is 0 Å². The van der Waals surface area contributed by atoms with Crippen LogP contribution in [0.25, 0.3) is 6.08 Å². The van der Waals surface area contributed by atoms with Crippen LogP contribution in [0.1, 0.15) is 94.8 Å². The molecule has 0 saturated carbocycles. The van der Waals surface area contributed by atoms with Crippen molar-refractivity contribution in [3.05, 3.63) is 69.1 Å². The number of allylic oxidation sites excluding steroid dienone is 5. The Morgan fingerprint density at radius 1 is 0.968 bits per heavy atom. The zero-order valence-corrected chi connectivity index (χ0v) is 19.8. The summed E-state index contributed by atoms with van der Waals surface area (Å²) in [4.78, 5) is 0. The number of fused-ring (bicyclic) bond motifs is 1. The summed E-state index contributed by atoms with van der Waals surface area (Å²) >= 11 is 0. The summed E-state index contributed by atoms with van der Waals surface area (Å²) in [5.74, 6) is 0.781. The van der Waals surface area contributed by atoms with E-state index in [0.29, 0.717) is 0 Å². The second-order valence-electron chi connectivity index (χ2n) is 11.4. The largest absolute Gasteiger partial charge is 0.184 e. The number of tetrazole rings is 1. The minimum absolute atomic E-state index is 0.168. The number of benzene rings is 1. The molecule has 5 rings (SSSR count). The van der Waals surface area contributed by atoms with Gasteiger partial charge in [-0.25, -0.2) is 0 Å². The van der Waals surface area contributed by atoms with Crippen LogP contribution in [-0.2, 0) is 16.2 Å². The maximum absolute atomic E-state index is 4.25. The van der Waals surface area contributed by atoms with E-state index in [4.69, 9.17) is 0 Å². The second kappa shape index (κ2) is 6.75. The highest BCUT2D eigenvalue weighted by atomic mass is 15.5. The molecule has 0 amide bonds. The van der Waals surface area contributed by atoms with Gasteiger partial charge in [0.2, 0.25) is 0 Å². The van der Waals surface area contributed by atoms with Gasteiger partial charge in [0.25, 0.3) is 0 Å². The first-order valence-electron chi connectivity index (χ1n) is 11.6. The Morgan fingerprint density at radius 2 is 1.68 bits per heavy atom. The Labute approximate surface area is 185 Å². The van der Waals surface area contributed by atoms with Crippen molar-refractivity contribution in [2.24, 2.45) is 0 Å². The molecule has 0 bridgehead atoms. The molecule has 1 unspecified atom stereocenters. The highest BCUT2D eigenvalue weighted by Gasteiger charge is 2.38. The molecular weight excluding hydrogens is 380 g/mol. The normalized spacial score (nSPS) is 27.5. The van der Waals surface area contributed by atoms with Crippen LogP contribution in [0.15, 0.2) is 41.0 Å². The number of hydrogen-bond donors (Lipinski definition) is 1. The van der Waals surface area contributed by atoms with E-state index in [9.17, 15) is 0 Å². The van der Waals surface area contributed by atoms with Crippen molar-refractivity contribution in [2.75, 3.05) is 0 Å². The van der Waals surface area contributed by atoms with Crippen LogP contribution >= 0.6 is 0 Å². The summed E-state index contributed by atoms with van der Waals surface area (Å²) in [5.41, 5.74) is 10.6. The molecule has 1 N–H and O–H groups in total. The van der Waals surface area contributed by atoms with Crippen molar-refractivity contribution >= 4 is 6.08 Å². The minimum Gasteiger partial charge on any atom is -0.177 e. The van der Waals surface area contributed by atoms with Crippen LogP contribution in [-0.4, -0.2) is 20.6 Å². The molecule has 0 fully saturated rings. The SMILES string of the molecule is Cc1cc2c(cc1/C=C1/CCC3=C1C=CC(C)(c1nn[nH]n1)C3)C(C)(C)CCC2(C)C. The topological polar surface area (TPSA) is 54.5 Å². The van der Waals surface area contributed by atoms with Gasteiger partial charge in [-0.2, -0.15) is 5.21 Å². The zero-order chi connectivity index (χ0) is 22.0. The molecule has 0 aliphatic heterocycles. The van der Waals surface area contributed by atoms with Crippen LogP contribution in [0.3, 0.4) is 0 Å². The number of nitrogens with one attached hydrogen (secondary N) is 1. The first-order valence-corrected chi connectivity index (χ1v) is 11.6. The lowest BCUT2D eigenvalue weighted by Gasteiger charge is -2.42. The molecule has 1 heterocycles. The van der Waals surface area contributed by atoms with E-state index in [-0.39, 0.29) is 16.2 Å². The summed E-state index contributed by atoms with van der Waals surface area (Å²) in [6, 6.07) is 4.96. The van der Waals surface area contributed by atoms with Gasteiger partial charge in [0, 0.05) is 0 Å². The third-order valence-corrected chi connectivity index (χ3v) is 8.05. The Bertz CT molecular complexity index is 1130. The van der Waals surface area contributed by atoms with E-state index < -0.39 is 0 Å². The summed E-state index contributed by atoms with van der Waals surface area (Å²) in [7, 11) is 0. The Morgan fingerprint density at radius 3 is 2.35 bits per heavy atom. The average molecular weight is 415 g/mol. The molecule has 0 saturated heterocycles. The van der Waals surface area contributed by atoms with Crippen molar-refractivity contribution in [2.45, 2.75) is 89.9 Å². The quantitative estimate of drug-likeness (QED) is 0.632. The van der Waals surface area contributed by atoms with E-state index in [1.54, 1.807) is 5.56 Å². The number of H-pyrrole nitrogens is 1. The van der Waals surface area contributed by atoms with E-state index >= 15 is 0 Å². The predicted molar refractivity (Wildman–Crippen MR) is 126 cm³/mol. The second-order valence-corrected chi connectivity index (χ2v) is 11.4. The van der Waals surface area contributed by atoms with Gasteiger partial charge < -0.3 is 0 Å². The van der Waals surface area contributed by atoms with Crippen LogP contribution in [0, 0.1) is 6.92 Å². The van der Waals surface area contributed by atoms with Crippen molar-refractivity contribution < 1.29 is 0 Å². The fourth-order valence-corrected chi connectivity index (χ4v) is 5.75. The molecule has 4 nitrogen and oxygen atoms in total. The van der Waals surface area contributed by atoms with Gasteiger partial charge in [-0.1, -0.05) is 68.8 Å². The number of nitrogens with zero attached hydrogens (tertiary/aromatic N) is 3. The third kappa shape index (κ3) is 3.31. The van der Waals surface area contributed by atoms with E-state index in [2.05, 4.69) is 92.5 Å². The van der Waals surface area contributed by atoms with E-state index in [1.807, 2.05) is 0 Å². The standard InChI is InChI=1S/C27H34N4/c1-17-13-22-23(26(4,5)12-11-25(22,2)3)15-20(17)14-18-7-8-19-16-27(6,10-9-21(18)19)24-28-30-31-29-24/h9-10,13-15H,7-8,11-12,16H2,1-6H3,(H,28,29,30,31)/b18-14-. The number of rotatable bonds is 2. The molecular formula is C27H34N4. The molecule has 3 aliphatic rings. The number of aryl methyl sites for hydroxylation is 1. The number of aromatic amines is 1. The van der Waals surface area contributed by atoms with Gasteiger partial charge in [0.05, 0.1) is 5.41 Å². The van der Waals surface area contributed by atoms with Crippen molar-refractivity contribution in [1.82, 2.24) is 20.6 Å². The average Bonchev–Trinajstić information content (AvgIpc) is 3.37. The van der Waals surface area contributed by atoms with Crippen LogP contribution < -0.4 is 0 Å². The zero-order valence-electron chi connectivity index (χ0n) is 19.8. The molecule has 3 aliphatic carbocycles. The predicted octanol–water partition coefficient (Wildman–Crippen LogP) is 6.25. The maximum Gasteiger partial charge on any atom is 0.184 e. The molecule has 2 aromatic rings. The van der Waals surface area contributed by atoms with Gasteiger partial charge in [-0.15, -0.1) is 10.2 Å². The number of aromatic nitrogens is 4. The summed E-state index contributed by atoms with van der Waals surface area (Å²) in [6.45, 7) is 14.1. The van der Waals surface area contributed by atoms with Gasteiger partial charge in [0.1, 0.15) is 0 Å². The highest BCUT2D eigenvalue weighted by molar-refractivity contribution is 5.68. The fourth-order valence-electron chi connectivity index (χ4n) is 5.75. The maximum atomic E-state index is 4.25. The van der Waals surface area contributed by atoms with Crippen LogP contribution in [0.4, 0.5) is 0 Å². The first-order chi connectivity index (χ1) is 14.6. The fraction of sp³-hybridized carbons (Fsp3) is 0.519. The minimum atomic E-state index is -0.168. The Kier molecular flexibility index (Phi) is 4.45. The lowest BCUT2D eigenvalue weighted by Crippen LogP contribution is -2.34. The third-order valence-electron chi connectivity index (χ3n) is 8.05. The summed E-state index contributed by atoms with van der Waals surface area (Å²) in [5, 5.41) is 14.9. The summed E-state index contributed by atoms with van der Waals surface area (Å²) < 4.78 is 0. The monoisotopic (exact) mass is 414 g/mol. The molecule has 31 heavy (non-hydrogen) atoms. The molecule has 4 heteroatoms. The van der Waals surface area contributed by atoms with Gasteiger partial charge >= 0.3 is 0 Å². The van der Waals surface area contributed by atoms with Crippen molar-refractivity contribution in [1.29, 1.82) is 0 Å². The lowest BCUT2D eigenvalue weighted by molar-refractivity contribution is 0.331. The Balaban J connectivity index is 1.52. The first kappa shape index (κ1) is 20.4. The molecule has 0 radical (unpaired) electrons. The molecule has 0 spiro atoms. The molecule has 162 valence electrons. The lowest BCUT2D eigenvalue weighted by atomic mass is 9.62. The van der Waals surface area contributed by atoms with Gasteiger partial charge in [-0.05, 0) is 90.2 Å². The summed E-state index contributed by atoms with van der Waals surface area (Å²) in [6.07, 6.45) is 12.7. The Hall–Kier alpha value is -2.49. The molecule has 1 aromatic carbocycles. The van der Waals surface area contributed by atoms with E-state index in [1.165, 1.54) is 46.3 Å². The van der Waals surface area contributed by atoms with Gasteiger partial charge in [0.15, 0.2) is 5.82 Å². The van der Waals surface area contributed by atoms with Crippen LogP contribution in [0.5, 0.6) is 0 Å². The van der Waals surface area contributed by atoms with Crippen molar-refractivity contribution in [3.63, 3.8) is 0 Å².